The van der Waals surface area contributed by atoms with Crippen LogP contribution in [0.2, 0.25) is 5.02 Å². The molecular weight excluding hydrogens is 358 g/mol. The van der Waals surface area contributed by atoms with Gasteiger partial charge in [-0.2, -0.15) is 13.2 Å². The predicted octanol–water partition coefficient (Wildman–Crippen LogP) is 5.85. The number of alkyl halides is 3. The van der Waals surface area contributed by atoms with Gasteiger partial charge in [0.25, 0.3) is 0 Å². The molecule has 2 aromatic rings. The van der Waals surface area contributed by atoms with Crippen molar-refractivity contribution in [1.29, 1.82) is 0 Å². The fourth-order valence-corrected chi connectivity index (χ4v) is 2.15. The van der Waals surface area contributed by atoms with Crippen molar-refractivity contribution in [2.45, 2.75) is 13.1 Å². The number of benzene rings is 2. The molecular formula is C17H16ClF4N3. The molecule has 0 aliphatic carbocycles. The van der Waals surface area contributed by atoms with Crippen LogP contribution in [-0.4, -0.2) is 24.8 Å². The Morgan fingerprint density at radius 1 is 1.24 bits per heavy atom. The summed E-state index contributed by atoms with van der Waals surface area (Å²) in [7, 11) is 1.68. The van der Waals surface area contributed by atoms with E-state index in [1.807, 2.05) is 6.92 Å². The van der Waals surface area contributed by atoms with Crippen molar-refractivity contribution in [3.8, 4) is 0 Å². The number of aliphatic imine (C=N–C) groups is 1. The van der Waals surface area contributed by atoms with Crippen LogP contribution in [0.5, 0.6) is 0 Å². The van der Waals surface area contributed by atoms with Gasteiger partial charge in [0.2, 0.25) is 0 Å². The van der Waals surface area contributed by atoms with E-state index in [1.165, 1.54) is 18.5 Å². The molecule has 134 valence electrons. The molecule has 3 nitrogen and oxygen atoms in total. The van der Waals surface area contributed by atoms with Gasteiger partial charge in [-0.1, -0.05) is 17.7 Å². The molecule has 0 aliphatic heterocycles. The lowest BCUT2D eigenvalue weighted by Gasteiger charge is -2.16. The highest BCUT2D eigenvalue weighted by atomic mass is 35.5. The van der Waals surface area contributed by atoms with Gasteiger partial charge in [0.1, 0.15) is 5.69 Å². The van der Waals surface area contributed by atoms with Gasteiger partial charge in [-0.25, -0.2) is 9.38 Å². The third-order valence-corrected chi connectivity index (χ3v) is 3.62. The number of nitrogens with one attached hydrogen (secondary N) is 1. The number of halogens is 5. The number of anilines is 2. The minimum atomic E-state index is -4.67. The maximum absolute atomic E-state index is 14.2. The summed E-state index contributed by atoms with van der Waals surface area (Å²) < 4.78 is 54.3. The standard InChI is InChI=1S/C17H16ClF4N3/c1-3-25(2)10-23-16-8-13(17(20,21)22)15(9-14(16)19)24-12-6-4-5-11(18)7-12/h4-10,24H,3H2,1-2H3. The molecule has 0 spiro atoms. The van der Waals surface area contributed by atoms with Crippen LogP contribution in [0.4, 0.5) is 34.6 Å². The highest BCUT2D eigenvalue weighted by Crippen LogP contribution is 2.39. The van der Waals surface area contributed by atoms with E-state index in [1.54, 1.807) is 24.1 Å². The first kappa shape index (κ1) is 19.1. The fourth-order valence-electron chi connectivity index (χ4n) is 1.96. The Balaban J connectivity index is 2.45. The van der Waals surface area contributed by atoms with E-state index in [2.05, 4.69) is 10.3 Å². The summed E-state index contributed by atoms with van der Waals surface area (Å²) >= 11 is 5.82. The van der Waals surface area contributed by atoms with E-state index in [0.29, 0.717) is 23.3 Å². The van der Waals surface area contributed by atoms with Gasteiger partial charge in [-0.15, -0.1) is 0 Å². The maximum atomic E-state index is 14.2. The van der Waals surface area contributed by atoms with Gasteiger partial charge in [0.15, 0.2) is 5.82 Å². The molecule has 2 aromatic carbocycles. The Morgan fingerprint density at radius 2 is 1.96 bits per heavy atom. The smallest absolute Gasteiger partial charge is 0.366 e. The zero-order valence-corrected chi connectivity index (χ0v) is 14.3. The number of nitrogens with zero attached hydrogens (tertiary/aromatic N) is 2. The van der Waals surface area contributed by atoms with Gasteiger partial charge in [0, 0.05) is 30.4 Å². The quantitative estimate of drug-likeness (QED) is 0.404. The lowest BCUT2D eigenvalue weighted by atomic mass is 10.1. The van der Waals surface area contributed by atoms with E-state index in [0.717, 1.165) is 6.07 Å². The van der Waals surface area contributed by atoms with Crippen molar-refractivity contribution in [3.63, 3.8) is 0 Å². The lowest BCUT2D eigenvalue weighted by molar-refractivity contribution is -0.136. The molecule has 0 aromatic heterocycles. The Morgan fingerprint density at radius 3 is 2.56 bits per heavy atom. The molecule has 0 atom stereocenters. The molecule has 25 heavy (non-hydrogen) atoms. The van der Waals surface area contributed by atoms with Gasteiger partial charge in [-0.3, -0.25) is 0 Å². The number of rotatable bonds is 5. The molecule has 0 unspecified atom stereocenters. The average molecular weight is 374 g/mol. The Bertz CT molecular complexity index is 775. The average Bonchev–Trinajstić information content (AvgIpc) is 2.52. The van der Waals surface area contributed by atoms with Gasteiger partial charge < -0.3 is 10.2 Å². The molecule has 0 heterocycles. The summed E-state index contributed by atoms with van der Waals surface area (Å²) in [4.78, 5) is 5.41. The predicted molar refractivity (Wildman–Crippen MR) is 92.6 cm³/mol. The van der Waals surface area contributed by atoms with Crippen molar-refractivity contribution in [2.24, 2.45) is 4.99 Å². The Kier molecular flexibility index (Phi) is 5.89. The van der Waals surface area contributed by atoms with Crippen molar-refractivity contribution < 1.29 is 17.6 Å². The van der Waals surface area contributed by atoms with Crippen molar-refractivity contribution >= 4 is 35.0 Å². The third-order valence-electron chi connectivity index (χ3n) is 3.39. The van der Waals surface area contributed by atoms with E-state index in [-0.39, 0.29) is 5.69 Å². The largest absolute Gasteiger partial charge is 0.418 e. The highest BCUT2D eigenvalue weighted by Gasteiger charge is 2.34. The first-order valence-corrected chi connectivity index (χ1v) is 7.76. The van der Waals surface area contributed by atoms with Gasteiger partial charge in [0.05, 0.1) is 17.6 Å². The molecule has 2 rings (SSSR count). The summed E-state index contributed by atoms with van der Waals surface area (Å²) in [6.07, 6.45) is -3.39. The molecule has 0 saturated carbocycles. The van der Waals surface area contributed by atoms with Gasteiger partial charge >= 0.3 is 6.18 Å². The normalized spacial score (nSPS) is 11.8. The fraction of sp³-hybridized carbons (Fsp3) is 0.235. The van der Waals surface area contributed by atoms with Crippen LogP contribution in [0, 0.1) is 5.82 Å². The van der Waals surface area contributed by atoms with E-state index >= 15 is 0 Å². The summed E-state index contributed by atoms with van der Waals surface area (Å²) in [6.45, 7) is 2.42. The second kappa shape index (κ2) is 7.74. The van der Waals surface area contributed by atoms with Gasteiger partial charge in [-0.05, 0) is 31.2 Å². The molecule has 0 saturated heterocycles. The molecule has 0 amide bonds. The zero-order valence-electron chi connectivity index (χ0n) is 13.5. The van der Waals surface area contributed by atoms with Crippen molar-refractivity contribution in [2.75, 3.05) is 18.9 Å². The van der Waals surface area contributed by atoms with Crippen LogP contribution in [0.1, 0.15) is 12.5 Å². The summed E-state index contributed by atoms with van der Waals surface area (Å²) in [5.41, 5.74) is -1.49. The van der Waals surface area contributed by atoms with Crippen LogP contribution in [-0.2, 0) is 6.18 Å². The van der Waals surface area contributed by atoms with Crippen LogP contribution in [0.25, 0.3) is 0 Å². The van der Waals surface area contributed by atoms with Crippen molar-refractivity contribution in [1.82, 2.24) is 4.90 Å². The number of hydrogen-bond donors (Lipinski definition) is 1. The third kappa shape index (κ3) is 5.09. The lowest BCUT2D eigenvalue weighted by Crippen LogP contribution is -2.14. The Labute approximate surface area is 147 Å². The van der Waals surface area contributed by atoms with E-state index in [4.69, 9.17) is 11.6 Å². The topological polar surface area (TPSA) is 27.6 Å². The van der Waals surface area contributed by atoms with Crippen LogP contribution < -0.4 is 5.32 Å². The van der Waals surface area contributed by atoms with E-state index < -0.39 is 23.2 Å². The summed E-state index contributed by atoms with van der Waals surface area (Å²) in [5, 5.41) is 2.91. The second-order valence-electron chi connectivity index (χ2n) is 5.30. The second-order valence-corrected chi connectivity index (χ2v) is 5.74. The Hall–Kier alpha value is -2.28. The van der Waals surface area contributed by atoms with Crippen LogP contribution >= 0.6 is 11.6 Å². The minimum Gasteiger partial charge on any atom is -0.366 e. The molecule has 8 heteroatoms. The molecule has 0 radical (unpaired) electrons. The van der Waals surface area contributed by atoms with Crippen LogP contribution in [0.3, 0.4) is 0 Å². The van der Waals surface area contributed by atoms with Crippen molar-refractivity contribution in [3.05, 3.63) is 52.8 Å². The SMILES string of the molecule is CCN(C)C=Nc1cc(C(F)(F)F)c(Nc2cccc(Cl)c2)cc1F. The van der Waals surface area contributed by atoms with E-state index in [9.17, 15) is 17.6 Å². The minimum absolute atomic E-state index is 0.319. The number of hydrogen-bond acceptors (Lipinski definition) is 2. The summed E-state index contributed by atoms with van der Waals surface area (Å²) in [6, 6.07) is 7.60. The monoisotopic (exact) mass is 373 g/mol. The molecule has 1 N–H and O–H groups in total. The maximum Gasteiger partial charge on any atom is 0.418 e. The van der Waals surface area contributed by atoms with Crippen LogP contribution in [0.15, 0.2) is 41.4 Å². The zero-order chi connectivity index (χ0) is 18.6. The highest BCUT2D eigenvalue weighted by molar-refractivity contribution is 6.30. The first-order valence-electron chi connectivity index (χ1n) is 7.38. The summed E-state index contributed by atoms with van der Waals surface area (Å²) in [5.74, 6) is -0.863. The molecule has 0 bridgehead atoms. The molecule has 0 fully saturated rings. The first-order chi connectivity index (χ1) is 11.7. The molecule has 0 aliphatic rings.